The zero-order valence-electron chi connectivity index (χ0n) is 14.5. The van der Waals surface area contributed by atoms with Gasteiger partial charge in [-0.2, -0.15) is 5.10 Å². The van der Waals surface area contributed by atoms with E-state index in [4.69, 9.17) is 4.74 Å². The molecule has 1 atom stereocenters. The fraction of sp³-hybridized carbons (Fsp3) is 0.444. The van der Waals surface area contributed by atoms with Crippen LogP contribution in [0.25, 0.3) is 5.69 Å². The number of methoxy groups -OCH3 is 1. The van der Waals surface area contributed by atoms with Gasteiger partial charge in [0.15, 0.2) is 15.5 Å². The second kappa shape index (κ2) is 6.42. The first-order chi connectivity index (χ1) is 12.4. The normalized spacial score (nSPS) is 21.5. The largest absolute Gasteiger partial charge is 0.497 e. The lowest BCUT2D eigenvalue weighted by molar-refractivity contribution is 0.0935. The van der Waals surface area contributed by atoms with Crippen molar-refractivity contribution in [3.05, 3.63) is 41.7 Å². The summed E-state index contributed by atoms with van der Waals surface area (Å²) in [7, 11) is -1.42. The highest BCUT2D eigenvalue weighted by atomic mass is 32.2. The number of hydrogen-bond donors (Lipinski definition) is 1. The molecule has 0 radical (unpaired) electrons. The number of amides is 1. The highest BCUT2D eigenvalue weighted by Gasteiger charge is 2.32. The van der Waals surface area contributed by atoms with Gasteiger partial charge in [-0.1, -0.05) is 0 Å². The lowest BCUT2D eigenvalue weighted by Gasteiger charge is -2.09. The Morgan fingerprint density at radius 2 is 1.96 bits per heavy atom. The molecule has 2 aromatic rings. The summed E-state index contributed by atoms with van der Waals surface area (Å²) in [5.74, 6) is 0.993. The van der Waals surface area contributed by atoms with Crippen LogP contribution in [0, 0.1) is 0 Å². The monoisotopic (exact) mass is 375 g/mol. The molecule has 138 valence electrons. The molecular weight excluding hydrogens is 354 g/mol. The maximum absolute atomic E-state index is 12.6. The van der Waals surface area contributed by atoms with Crippen molar-refractivity contribution in [3.8, 4) is 11.4 Å². The molecule has 1 saturated heterocycles. The topological polar surface area (TPSA) is 90.3 Å². The highest BCUT2D eigenvalue weighted by Crippen LogP contribution is 2.41. The first kappa shape index (κ1) is 17.1. The van der Waals surface area contributed by atoms with E-state index in [1.165, 1.54) is 0 Å². The minimum atomic E-state index is -3.03. The lowest BCUT2D eigenvalue weighted by Crippen LogP contribution is -2.35. The van der Waals surface area contributed by atoms with E-state index in [2.05, 4.69) is 10.4 Å². The number of carbonyl (C=O) groups excluding carboxylic acids is 1. The molecule has 2 aliphatic rings. The van der Waals surface area contributed by atoms with Gasteiger partial charge in [0.2, 0.25) is 0 Å². The summed E-state index contributed by atoms with van der Waals surface area (Å²) in [6, 6.07) is 9.02. The average molecular weight is 375 g/mol. The van der Waals surface area contributed by atoms with E-state index < -0.39 is 9.84 Å². The van der Waals surface area contributed by atoms with Crippen molar-refractivity contribution in [1.82, 2.24) is 15.1 Å². The van der Waals surface area contributed by atoms with Crippen molar-refractivity contribution < 1.29 is 17.9 Å². The molecule has 2 heterocycles. The summed E-state index contributed by atoms with van der Waals surface area (Å²) in [5.41, 5.74) is 2.21. The number of aromatic nitrogens is 2. The Morgan fingerprint density at radius 1 is 1.23 bits per heavy atom. The molecule has 8 heteroatoms. The quantitative estimate of drug-likeness (QED) is 0.859. The van der Waals surface area contributed by atoms with Crippen LogP contribution in [0.2, 0.25) is 0 Å². The predicted molar refractivity (Wildman–Crippen MR) is 96.6 cm³/mol. The average Bonchev–Trinajstić information content (AvgIpc) is 3.28. The number of sulfone groups is 1. The van der Waals surface area contributed by atoms with Crippen LogP contribution in [0.5, 0.6) is 5.75 Å². The molecule has 4 rings (SSSR count). The number of nitrogens with one attached hydrogen (secondary N) is 1. The van der Waals surface area contributed by atoms with Crippen molar-refractivity contribution in [2.24, 2.45) is 0 Å². The summed E-state index contributed by atoms with van der Waals surface area (Å²) in [4.78, 5) is 12.6. The smallest absolute Gasteiger partial charge is 0.272 e. The van der Waals surface area contributed by atoms with Crippen LogP contribution in [0.1, 0.15) is 41.4 Å². The molecule has 1 aromatic carbocycles. The third-order valence-corrected chi connectivity index (χ3v) is 6.62. The predicted octanol–water partition coefficient (Wildman–Crippen LogP) is 1.68. The molecular formula is C18H21N3O4S. The van der Waals surface area contributed by atoms with Crippen molar-refractivity contribution in [2.75, 3.05) is 18.6 Å². The van der Waals surface area contributed by atoms with Crippen LogP contribution in [0.15, 0.2) is 30.3 Å². The molecule has 0 bridgehead atoms. The maximum atomic E-state index is 12.6. The van der Waals surface area contributed by atoms with Gasteiger partial charge >= 0.3 is 0 Å². The molecule has 1 saturated carbocycles. The van der Waals surface area contributed by atoms with Crippen LogP contribution in [-0.2, 0) is 9.84 Å². The van der Waals surface area contributed by atoms with Gasteiger partial charge in [0, 0.05) is 17.7 Å². The molecule has 1 amide bonds. The van der Waals surface area contributed by atoms with Crippen molar-refractivity contribution in [3.63, 3.8) is 0 Å². The number of ether oxygens (including phenoxy) is 1. The first-order valence-corrected chi connectivity index (χ1v) is 10.5. The number of rotatable bonds is 5. The molecule has 2 fully saturated rings. The van der Waals surface area contributed by atoms with Crippen molar-refractivity contribution >= 4 is 15.7 Å². The van der Waals surface area contributed by atoms with E-state index in [-0.39, 0.29) is 23.5 Å². The Morgan fingerprint density at radius 3 is 2.54 bits per heavy atom. The van der Waals surface area contributed by atoms with Gasteiger partial charge in [0.25, 0.3) is 5.91 Å². The van der Waals surface area contributed by atoms with Gasteiger partial charge in [-0.25, -0.2) is 13.1 Å². The van der Waals surface area contributed by atoms with Crippen LogP contribution < -0.4 is 10.1 Å². The maximum Gasteiger partial charge on any atom is 0.272 e. The van der Waals surface area contributed by atoms with Crippen LogP contribution >= 0.6 is 0 Å². The lowest BCUT2D eigenvalue weighted by atomic mass is 10.2. The molecule has 0 spiro atoms. The van der Waals surface area contributed by atoms with Crippen LogP contribution in [-0.4, -0.2) is 48.8 Å². The van der Waals surface area contributed by atoms with Crippen LogP contribution in [0.3, 0.4) is 0 Å². The Kier molecular flexibility index (Phi) is 4.22. The van der Waals surface area contributed by atoms with Gasteiger partial charge in [0.05, 0.1) is 24.3 Å². The second-order valence-corrected chi connectivity index (χ2v) is 9.14. The van der Waals surface area contributed by atoms with Gasteiger partial charge in [0.1, 0.15) is 5.75 Å². The van der Waals surface area contributed by atoms with E-state index in [1.807, 2.05) is 30.3 Å². The minimum Gasteiger partial charge on any atom is -0.497 e. The first-order valence-electron chi connectivity index (χ1n) is 8.71. The molecule has 26 heavy (non-hydrogen) atoms. The number of benzene rings is 1. The number of carbonyl (C=O) groups is 1. The zero-order chi connectivity index (χ0) is 18.3. The Labute approximate surface area is 152 Å². The standard InChI is InChI=1S/C18H21N3O4S/c1-25-15-6-4-14(5-7-15)21-17(12-2-3-12)10-16(20-21)18(22)19-13-8-9-26(23,24)11-13/h4-7,10,12-13H,2-3,8-9,11H2,1H3,(H,19,22). The molecule has 1 N–H and O–H groups in total. The van der Waals surface area contributed by atoms with E-state index in [9.17, 15) is 13.2 Å². The van der Waals surface area contributed by atoms with Gasteiger partial charge in [-0.3, -0.25) is 4.79 Å². The third-order valence-electron chi connectivity index (χ3n) is 4.85. The number of nitrogens with zero attached hydrogens (tertiary/aromatic N) is 2. The summed E-state index contributed by atoms with van der Waals surface area (Å²) in [6.07, 6.45) is 2.64. The highest BCUT2D eigenvalue weighted by molar-refractivity contribution is 7.91. The zero-order valence-corrected chi connectivity index (χ0v) is 15.3. The van der Waals surface area contributed by atoms with Crippen molar-refractivity contribution in [1.29, 1.82) is 0 Å². The fourth-order valence-electron chi connectivity index (χ4n) is 3.27. The van der Waals surface area contributed by atoms with Crippen LogP contribution in [0.4, 0.5) is 0 Å². The van der Waals surface area contributed by atoms with Gasteiger partial charge in [-0.05, 0) is 49.6 Å². The van der Waals surface area contributed by atoms with E-state index in [1.54, 1.807) is 11.8 Å². The second-order valence-electron chi connectivity index (χ2n) is 6.91. The molecule has 1 aliphatic carbocycles. The summed E-state index contributed by atoms with van der Waals surface area (Å²) >= 11 is 0. The van der Waals surface area contributed by atoms with Crippen molar-refractivity contribution in [2.45, 2.75) is 31.2 Å². The SMILES string of the molecule is COc1ccc(-n2nc(C(=O)NC3CCS(=O)(=O)C3)cc2C2CC2)cc1. The minimum absolute atomic E-state index is 0.00735. The Bertz CT molecular complexity index is 930. The number of hydrogen-bond acceptors (Lipinski definition) is 5. The molecule has 1 aromatic heterocycles. The summed E-state index contributed by atoms with van der Waals surface area (Å²) < 4.78 is 30.1. The van der Waals surface area contributed by atoms with Gasteiger partial charge in [-0.15, -0.1) is 0 Å². The van der Waals surface area contributed by atoms with Gasteiger partial charge < -0.3 is 10.1 Å². The third kappa shape index (κ3) is 3.46. The van der Waals surface area contributed by atoms with E-state index in [0.29, 0.717) is 18.0 Å². The summed E-state index contributed by atoms with van der Waals surface area (Å²) in [6.45, 7) is 0. The molecule has 7 nitrogen and oxygen atoms in total. The Hall–Kier alpha value is -2.35. The van der Waals surface area contributed by atoms with E-state index >= 15 is 0 Å². The Balaban J connectivity index is 1.58. The fourth-order valence-corrected chi connectivity index (χ4v) is 4.95. The summed E-state index contributed by atoms with van der Waals surface area (Å²) in [5, 5.41) is 7.30. The van der Waals surface area contributed by atoms with E-state index in [0.717, 1.165) is 30.0 Å². The molecule has 1 unspecified atom stereocenters. The molecule has 1 aliphatic heterocycles.